The van der Waals surface area contributed by atoms with Gasteiger partial charge in [0.2, 0.25) is 6.79 Å². The van der Waals surface area contributed by atoms with E-state index in [-0.39, 0.29) is 12.6 Å². The van der Waals surface area contributed by atoms with Gasteiger partial charge in [-0.2, -0.15) is 0 Å². The number of hydrogen-bond acceptors (Lipinski definition) is 4. The van der Waals surface area contributed by atoms with Gasteiger partial charge in [0.05, 0.1) is 29.6 Å². The van der Waals surface area contributed by atoms with Crippen LogP contribution in [0.25, 0.3) is 0 Å². The molecule has 1 heterocycles. The Balaban J connectivity index is 2.14. The highest BCUT2D eigenvalue weighted by atomic mass is 16.7. The maximum Gasteiger partial charge on any atom is 0.231 e. The Morgan fingerprint density at radius 3 is 2.67 bits per heavy atom. The molecule has 2 rings (SSSR count). The number of fused-ring (bicyclic) bond motifs is 1. The highest BCUT2D eigenvalue weighted by Gasteiger charge is 2.22. The predicted molar refractivity (Wildman–Crippen MR) is 69.5 cm³/mol. The lowest BCUT2D eigenvalue weighted by atomic mass is 9.49. The van der Waals surface area contributed by atoms with Crippen molar-refractivity contribution >= 4 is 29.3 Å². The zero-order chi connectivity index (χ0) is 13.3. The van der Waals surface area contributed by atoms with Gasteiger partial charge in [-0.05, 0) is 25.1 Å². The van der Waals surface area contributed by atoms with Gasteiger partial charge in [-0.15, -0.1) is 0 Å². The van der Waals surface area contributed by atoms with Gasteiger partial charge in [-0.3, -0.25) is 4.79 Å². The van der Waals surface area contributed by atoms with E-state index in [1.54, 1.807) is 25.1 Å². The largest absolute Gasteiger partial charge is 0.454 e. The van der Waals surface area contributed by atoms with Crippen molar-refractivity contribution in [3.05, 3.63) is 23.8 Å². The van der Waals surface area contributed by atoms with Gasteiger partial charge in [-0.1, -0.05) is 5.24 Å². The molecule has 18 heavy (non-hydrogen) atoms. The van der Waals surface area contributed by atoms with Crippen molar-refractivity contribution in [3.63, 3.8) is 0 Å². The highest BCUT2D eigenvalue weighted by molar-refractivity contribution is 6.59. The average Bonchev–Trinajstić information content (AvgIpc) is 2.72. The quantitative estimate of drug-likeness (QED) is 0.576. The van der Waals surface area contributed by atoms with Crippen molar-refractivity contribution in [1.82, 2.24) is 5.32 Å². The first-order valence-corrected chi connectivity index (χ1v) is 5.45. The van der Waals surface area contributed by atoms with E-state index >= 15 is 0 Å². The lowest BCUT2D eigenvalue weighted by Crippen LogP contribution is -2.53. The van der Waals surface area contributed by atoms with Gasteiger partial charge in [-0.25, -0.2) is 0 Å². The minimum Gasteiger partial charge on any atom is -0.454 e. The molecule has 0 fully saturated rings. The van der Waals surface area contributed by atoms with Crippen LogP contribution in [0.4, 0.5) is 0 Å². The molecule has 1 aliphatic heterocycles. The molecule has 7 heteroatoms. The topological polar surface area (TPSA) is 47.6 Å². The zero-order valence-electron chi connectivity index (χ0n) is 9.97. The fraction of sp³-hybridized carbons (Fsp3) is 0.364. The summed E-state index contributed by atoms with van der Waals surface area (Å²) in [4.78, 5) is 12.1. The molecule has 1 N–H and O–H groups in total. The molecule has 6 radical (unpaired) electrons. The minimum absolute atomic E-state index is 0.165. The Labute approximate surface area is 110 Å². The van der Waals surface area contributed by atoms with Crippen LogP contribution in [0.1, 0.15) is 17.3 Å². The maximum atomic E-state index is 12.1. The van der Waals surface area contributed by atoms with Crippen molar-refractivity contribution in [2.24, 2.45) is 0 Å². The average molecular weight is 237 g/mol. The van der Waals surface area contributed by atoms with Crippen LogP contribution >= 0.6 is 0 Å². The number of carbonyl (C=O) groups is 1. The molecule has 0 saturated carbocycles. The van der Waals surface area contributed by atoms with E-state index < -0.39 is 11.3 Å². The molecule has 1 aliphatic rings. The summed E-state index contributed by atoms with van der Waals surface area (Å²) >= 11 is 0. The second-order valence-electron chi connectivity index (χ2n) is 4.23. The van der Waals surface area contributed by atoms with Gasteiger partial charge in [0.25, 0.3) is 0 Å². The summed E-state index contributed by atoms with van der Waals surface area (Å²) in [5.74, 6) is 0.990. The van der Waals surface area contributed by atoms with E-state index in [9.17, 15) is 4.79 Å². The SMILES string of the molecule is [B]C([B])([B])N[C@@H](C)C(=O)c1ccc2c(c1)OCO2. The summed E-state index contributed by atoms with van der Waals surface area (Å²) in [5, 5.41) is 1.00. The number of hydrogen-bond donors (Lipinski definition) is 1. The van der Waals surface area contributed by atoms with Crippen LogP contribution in [0.2, 0.25) is 0 Å². The smallest absolute Gasteiger partial charge is 0.231 e. The van der Waals surface area contributed by atoms with Crippen molar-refractivity contribution in [1.29, 1.82) is 0 Å². The lowest BCUT2D eigenvalue weighted by molar-refractivity contribution is 0.0950. The second kappa shape index (κ2) is 4.73. The molecular weight excluding hydrogens is 227 g/mol. The Morgan fingerprint density at radius 2 is 2.00 bits per heavy atom. The Hall–Kier alpha value is -1.36. The summed E-state index contributed by atoms with van der Waals surface area (Å²) in [7, 11) is 16.2. The Kier molecular flexibility index (Phi) is 3.44. The third-order valence-corrected chi connectivity index (χ3v) is 2.52. The second-order valence-corrected chi connectivity index (χ2v) is 4.23. The number of carbonyl (C=O) groups excluding carboxylic acids is 1. The monoisotopic (exact) mass is 237 g/mol. The van der Waals surface area contributed by atoms with Crippen molar-refractivity contribution in [2.75, 3.05) is 6.79 Å². The first kappa shape index (κ1) is 13.1. The van der Waals surface area contributed by atoms with Crippen molar-refractivity contribution < 1.29 is 14.3 Å². The van der Waals surface area contributed by atoms with Crippen LogP contribution in [0.5, 0.6) is 11.5 Å². The third-order valence-electron chi connectivity index (χ3n) is 2.52. The molecule has 0 aromatic heterocycles. The Morgan fingerprint density at radius 1 is 1.33 bits per heavy atom. The molecule has 1 atom stereocenters. The molecule has 0 bridgehead atoms. The number of nitrogens with one attached hydrogen (secondary N) is 1. The normalized spacial score (nSPS) is 15.4. The first-order chi connectivity index (χ1) is 8.37. The summed E-state index contributed by atoms with van der Waals surface area (Å²) in [5.41, 5.74) is 0.475. The van der Waals surface area contributed by atoms with Gasteiger partial charge in [0.1, 0.15) is 0 Å². The van der Waals surface area contributed by atoms with E-state index in [1.165, 1.54) is 0 Å². The number of benzene rings is 1. The predicted octanol–water partition coefficient (Wildman–Crippen LogP) is -0.307. The molecule has 4 nitrogen and oxygen atoms in total. The van der Waals surface area contributed by atoms with E-state index in [0.717, 1.165) is 0 Å². The summed E-state index contributed by atoms with van der Waals surface area (Å²) in [6.45, 7) is 1.80. The minimum atomic E-state index is -1.59. The molecular formula is C11H10B3NO3. The van der Waals surface area contributed by atoms with E-state index in [0.29, 0.717) is 17.1 Å². The van der Waals surface area contributed by atoms with E-state index in [1.807, 2.05) is 0 Å². The Bertz CT molecular complexity index is 473. The van der Waals surface area contributed by atoms with E-state index in [4.69, 9.17) is 33.0 Å². The van der Waals surface area contributed by atoms with Crippen LogP contribution < -0.4 is 14.8 Å². The molecule has 0 aliphatic carbocycles. The van der Waals surface area contributed by atoms with Crippen LogP contribution in [0.3, 0.4) is 0 Å². The third kappa shape index (κ3) is 2.90. The van der Waals surface area contributed by atoms with Gasteiger partial charge >= 0.3 is 0 Å². The fourth-order valence-corrected chi connectivity index (χ4v) is 1.74. The highest BCUT2D eigenvalue weighted by Crippen LogP contribution is 2.32. The number of ether oxygens (including phenoxy) is 2. The van der Waals surface area contributed by atoms with Gasteiger partial charge in [0, 0.05) is 5.56 Å². The van der Waals surface area contributed by atoms with Crippen LogP contribution in [0.15, 0.2) is 18.2 Å². The van der Waals surface area contributed by atoms with Crippen molar-refractivity contribution in [2.45, 2.75) is 18.2 Å². The van der Waals surface area contributed by atoms with Crippen LogP contribution in [-0.4, -0.2) is 47.4 Å². The molecule has 0 spiro atoms. The fourth-order valence-electron chi connectivity index (χ4n) is 1.74. The van der Waals surface area contributed by atoms with Crippen LogP contribution in [0, 0.1) is 0 Å². The lowest BCUT2D eigenvalue weighted by Gasteiger charge is -2.26. The standard InChI is InChI=1S/C11H10B3NO3/c1-6(15-11(12,13)14)10(16)7-2-3-8-9(4-7)18-5-17-8/h2-4,6,15H,5H2,1H3/t6-/m0/s1. The summed E-state index contributed by atoms with van der Waals surface area (Å²) < 4.78 is 10.4. The molecule has 1 aromatic rings. The van der Waals surface area contributed by atoms with Crippen LogP contribution in [-0.2, 0) is 0 Å². The summed E-state index contributed by atoms with van der Waals surface area (Å²) in [6, 6.07) is 4.35. The molecule has 86 valence electrons. The van der Waals surface area contributed by atoms with Gasteiger partial charge in [0.15, 0.2) is 17.3 Å². The van der Waals surface area contributed by atoms with Crippen molar-refractivity contribution in [3.8, 4) is 11.5 Å². The van der Waals surface area contributed by atoms with Gasteiger partial charge < -0.3 is 14.8 Å². The zero-order valence-corrected chi connectivity index (χ0v) is 9.97. The molecule has 1 aromatic carbocycles. The first-order valence-electron chi connectivity index (χ1n) is 5.45. The number of Topliss-reactive ketones (excluding diaryl/α,β-unsaturated/α-hetero) is 1. The van der Waals surface area contributed by atoms with E-state index in [2.05, 4.69) is 5.32 Å². The number of rotatable bonds is 4. The maximum absolute atomic E-state index is 12.1. The summed E-state index contributed by atoms with van der Waals surface area (Å²) in [6.07, 6.45) is 0. The molecule has 0 unspecified atom stereocenters. The molecule has 0 saturated heterocycles. The number of ketones is 1. The molecule has 0 amide bonds.